The standard InChI is InChI=1S/C10H12N2O4/c1-15-5-7-4-8(12-14)2-3-9(7)16-6-10(11)13/h2-4H,5-6H2,1H3,(H2,11,13). The fraction of sp³-hybridized carbons (Fsp3) is 0.300. The zero-order valence-electron chi connectivity index (χ0n) is 8.80. The average molecular weight is 224 g/mol. The Kier molecular flexibility index (Phi) is 4.41. The lowest BCUT2D eigenvalue weighted by Crippen LogP contribution is -2.20. The van der Waals surface area contributed by atoms with Crippen LogP contribution in [0.2, 0.25) is 0 Å². The molecule has 1 amide bonds. The maximum absolute atomic E-state index is 10.6. The quantitative estimate of drug-likeness (QED) is 0.732. The fourth-order valence-electron chi connectivity index (χ4n) is 1.18. The fourth-order valence-corrected chi connectivity index (χ4v) is 1.18. The highest BCUT2D eigenvalue weighted by molar-refractivity contribution is 5.75. The van der Waals surface area contributed by atoms with E-state index in [4.69, 9.17) is 15.2 Å². The van der Waals surface area contributed by atoms with Crippen LogP contribution in [0.25, 0.3) is 0 Å². The minimum Gasteiger partial charge on any atom is -0.483 e. The molecule has 1 rings (SSSR count). The SMILES string of the molecule is COCc1cc(N=O)ccc1OCC(N)=O. The molecule has 1 aromatic carbocycles. The molecule has 0 radical (unpaired) electrons. The second-order valence-corrected chi connectivity index (χ2v) is 3.07. The van der Waals surface area contributed by atoms with Crippen LogP contribution in [0.1, 0.15) is 5.56 Å². The van der Waals surface area contributed by atoms with Crippen molar-refractivity contribution in [1.82, 2.24) is 0 Å². The smallest absolute Gasteiger partial charge is 0.255 e. The van der Waals surface area contributed by atoms with Crippen LogP contribution in [0.15, 0.2) is 23.4 Å². The van der Waals surface area contributed by atoms with Gasteiger partial charge in [-0.25, -0.2) is 0 Å². The summed E-state index contributed by atoms with van der Waals surface area (Å²) in [5, 5.41) is 2.80. The molecule has 0 aliphatic carbocycles. The maximum Gasteiger partial charge on any atom is 0.255 e. The van der Waals surface area contributed by atoms with Gasteiger partial charge in [0.05, 0.1) is 6.61 Å². The molecule has 0 fully saturated rings. The molecule has 0 aliphatic rings. The van der Waals surface area contributed by atoms with Crippen LogP contribution in [-0.2, 0) is 16.1 Å². The third-order valence-electron chi connectivity index (χ3n) is 1.82. The van der Waals surface area contributed by atoms with Crippen molar-refractivity contribution in [2.24, 2.45) is 10.9 Å². The number of hydrogen-bond acceptors (Lipinski definition) is 5. The summed E-state index contributed by atoms with van der Waals surface area (Å²) < 4.78 is 10.1. The monoisotopic (exact) mass is 224 g/mol. The number of nitrogens with two attached hydrogens (primary N) is 1. The van der Waals surface area contributed by atoms with E-state index >= 15 is 0 Å². The molecule has 0 saturated carbocycles. The van der Waals surface area contributed by atoms with Gasteiger partial charge in [-0.3, -0.25) is 4.79 Å². The largest absolute Gasteiger partial charge is 0.483 e. The van der Waals surface area contributed by atoms with Crippen molar-refractivity contribution in [2.75, 3.05) is 13.7 Å². The van der Waals surface area contributed by atoms with Crippen LogP contribution < -0.4 is 10.5 Å². The summed E-state index contributed by atoms with van der Waals surface area (Å²) in [6, 6.07) is 4.57. The van der Waals surface area contributed by atoms with Gasteiger partial charge >= 0.3 is 0 Å². The third kappa shape index (κ3) is 3.32. The molecule has 0 aromatic heterocycles. The molecule has 0 atom stereocenters. The molecule has 0 heterocycles. The first-order chi connectivity index (χ1) is 7.67. The number of hydrogen-bond donors (Lipinski definition) is 1. The zero-order chi connectivity index (χ0) is 12.0. The van der Waals surface area contributed by atoms with E-state index in [0.29, 0.717) is 11.3 Å². The molecular weight excluding hydrogens is 212 g/mol. The number of amides is 1. The number of carbonyl (C=O) groups is 1. The first-order valence-corrected chi connectivity index (χ1v) is 4.53. The minimum absolute atomic E-state index is 0.218. The van der Waals surface area contributed by atoms with Crippen LogP contribution in [0.4, 0.5) is 5.69 Å². The molecule has 2 N–H and O–H groups in total. The van der Waals surface area contributed by atoms with Gasteiger partial charge < -0.3 is 15.2 Å². The molecule has 6 heteroatoms. The van der Waals surface area contributed by atoms with Gasteiger partial charge in [0.15, 0.2) is 6.61 Å². The van der Waals surface area contributed by atoms with E-state index in [9.17, 15) is 9.70 Å². The van der Waals surface area contributed by atoms with Crippen molar-refractivity contribution in [3.8, 4) is 5.75 Å². The Balaban J connectivity index is 2.88. The van der Waals surface area contributed by atoms with Crippen LogP contribution in [-0.4, -0.2) is 19.6 Å². The molecule has 0 bridgehead atoms. The predicted molar refractivity (Wildman–Crippen MR) is 57.3 cm³/mol. The number of primary amides is 1. The Labute approximate surface area is 92.3 Å². The van der Waals surface area contributed by atoms with E-state index < -0.39 is 5.91 Å². The molecule has 0 unspecified atom stereocenters. The average Bonchev–Trinajstić information content (AvgIpc) is 2.27. The lowest BCUT2D eigenvalue weighted by Gasteiger charge is -2.09. The highest BCUT2D eigenvalue weighted by atomic mass is 16.5. The molecule has 86 valence electrons. The van der Waals surface area contributed by atoms with Crippen molar-refractivity contribution in [3.05, 3.63) is 28.7 Å². The van der Waals surface area contributed by atoms with E-state index in [1.807, 2.05) is 0 Å². The summed E-state index contributed by atoms with van der Waals surface area (Å²) >= 11 is 0. The van der Waals surface area contributed by atoms with Crippen molar-refractivity contribution < 1.29 is 14.3 Å². The molecule has 0 aliphatic heterocycles. The van der Waals surface area contributed by atoms with E-state index in [1.54, 1.807) is 6.07 Å². The van der Waals surface area contributed by atoms with Gasteiger partial charge in [0.1, 0.15) is 11.4 Å². The number of benzene rings is 1. The van der Waals surface area contributed by atoms with Crippen molar-refractivity contribution in [3.63, 3.8) is 0 Å². The van der Waals surface area contributed by atoms with Crippen LogP contribution in [0, 0.1) is 4.91 Å². The van der Waals surface area contributed by atoms with Gasteiger partial charge in [-0.15, -0.1) is 4.91 Å². The Bertz CT molecular complexity index is 392. The summed E-state index contributed by atoms with van der Waals surface area (Å²) in [4.78, 5) is 20.9. The first-order valence-electron chi connectivity index (χ1n) is 4.53. The summed E-state index contributed by atoms with van der Waals surface area (Å²) in [5.74, 6) is -0.117. The Morgan fingerprint density at radius 1 is 1.50 bits per heavy atom. The molecule has 16 heavy (non-hydrogen) atoms. The minimum atomic E-state index is -0.569. The number of rotatable bonds is 6. The Morgan fingerprint density at radius 2 is 2.25 bits per heavy atom. The van der Waals surface area contributed by atoms with Crippen molar-refractivity contribution in [1.29, 1.82) is 0 Å². The van der Waals surface area contributed by atoms with Gasteiger partial charge in [-0.1, -0.05) is 0 Å². The van der Waals surface area contributed by atoms with Crippen molar-refractivity contribution in [2.45, 2.75) is 6.61 Å². The van der Waals surface area contributed by atoms with Gasteiger partial charge in [0.25, 0.3) is 5.91 Å². The third-order valence-corrected chi connectivity index (χ3v) is 1.82. The van der Waals surface area contributed by atoms with E-state index in [1.165, 1.54) is 19.2 Å². The number of nitroso groups, excluding NO2 is 1. The topological polar surface area (TPSA) is 91.0 Å². The van der Waals surface area contributed by atoms with Gasteiger partial charge in [0.2, 0.25) is 0 Å². The Morgan fingerprint density at radius 3 is 2.81 bits per heavy atom. The lowest BCUT2D eigenvalue weighted by atomic mass is 10.2. The first kappa shape index (κ1) is 12.1. The summed E-state index contributed by atoms with van der Waals surface area (Å²) in [5.41, 5.74) is 5.87. The van der Waals surface area contributed by atoms with Crippen LogP contribution in [0.3, 0.4) is 0 Å². The molecule has 0 saturated heterocycles. The van der Waals surface area contributed by atoms with Crippen LogP contribution >= 0.6 is 0 Å². The van der Waals surface area contributed by atoms with Gasteiger partial charge in [-0.2, -0.15) is 0 Å². The van der Waals surface area contributed by atoms with E-state index in [-0.39, 0.29) is 18.9 Å². The maximum atomic E-state index is 10.6. The number of methoxy groups -OCH3 is 1. The predicted octanol–water partition coefficient (Wildman–Crippen LogP) is 1.09. The molecule has 6 nitrogen and oxygen atoms in total. The Hall–Kier alpha value is -1.95. The van der Waals surface area contributed by atoms with E-state index in [2.05, 4.69) is 5.18 Å². The van der Waals surface area contributed by atoms with Gasteiger partial charge in [0, 0.05) is 12.7 Å². The highest BCUT2D eigenvalue weighted by Gasteiger charge is 2.06. The second-order valence-electron chi connectivity index (χ2n) is 3.07. The number of ether oxygens (including phenoxy) is 2. The second kappa shape index (κ2) is 5.82. The lowest BCUT2D eigenvalue weighted by molar-refractivity contribution is -0.119. The summed E-state index contributed by atoms with van der Waals surface area (Å²) in [6.07, 6.45) is 0. The molecule has 1 aromatic rings. The highest BCUT2D eigenvalue weighted by Crippen LogP contribution is 2.25. The number of nitrogens with zero attached hydrogens (tertiary/aromatic N) is 1. The van der Waals surface area contributed by atoms with Crippen molar-refractivity contribution >= 4 is 11.6 Å². The van der Waals surface area contributed by atoms with Gasteiger partial charge in [-0.05, 0) is 23.4 Å². The molecular formula is C10H12N2O4. The van der Waals surface area contributed by atoms with Crippen LogP contribution in [0.5, 0.6) is 5.75 Å². The number of carbonyl (C=O) groups excluding carboxylic acids is 1. The summed E-state index contributed by atoms with van der Waals surface area (Å²) in [6.45, 7) is 0.0437. The molecule has 0 spiro atoms. The van der Waals surface area contributed by atoms with E-state index in [0.717, 1.165) is 0 Å². The zero-order valence-corrected chi connectivity index (χ0v) is 8.80. The summed E-state index contributed by atoms with van der Waals surface area (Å²) in [7, 11) is 1.51. The normalized spacial score (nSPS) is 9.81.